The van der Waals surface area contributed by atoms with Gasteiger partial charge in [-0.15, -0.1) is 11.3 Å². The summed E-state index contributed by atoms with van der Waals surface area (Å²) in [7, 11) is -3.77. The number of thiophene rings is 1. The Morgan fingerprint density at radius 2 is 2.00 bits per heavy atom. The molecule has 0 bridgehead atoms. The first-order valence-corrected chi connectivity index (χ1v) is 11.9. The molecule has 0 aliphatic heterocycles. The third-order valence-electron chi connectivity index (χ3n) is 5.57. The fourth-order valence-electron chi connectivity index (χ4n) is 3.69. The molecule has 7 heteroatoms. The lowest BCUT2D eigenvalue weighted by atomic mass is 9.72. The minimum absolute atomic E-state index is 0.0471. The van der Waals surface area contributed by atoms with Gasteiger partial charge in [0.15, 0.2) is 0 Å². The number of primary sulfonamides is 1. The predicted molar refractivity (Wildman–Crippen MR) is 113 cm³/mol. The summed E-state index contributed by atoms with van der Waals surface area (Å²) in [5.41, 5.74) is 2.27. The quantitative estimate of drug-likeness (QED) is 0.782. The zero-order valence-electron chi connectivity index (χ0n) is 16.8. The molecular formula is C21H28N2O3S2. The lowest BCUT2D eigenvalue weighted by Crippen LogP contribution is -2.26. The SMILES string of the molecule is CC(NC(=O)c1cc2c(s1)CCC(C(C)(C)C)C2)c1cccc(S(N)(=O)=O)c1. The second-order valence-electron chi connectivity index (χ2n) is 8.68. The van der Waals surface area contributed by atoms with Crippen molar-refractivity contribution in [2.24, 2.45) is 16.5 Å². The van der Waals surface area contributed by atoms with Crippen molar-refractivity contribution in [1.29, 1.82) is 0 Å². The summed E-state index contributed by atoms with van der Waals surface area (Å²) in [5, 5.41) is 8.18. The lowest BCUT2D eigenvalue weighted by Gasteiger charge is -2.33. The van der Waals surface area contributed by atoms with E-state index in [2.05, 4.69) is 26.1 Å². The average Bonchev–Trinajstić information content (AvgIpc) is 3.03. The van der Waals surface area contributed by atoms with Crippen molar-refractivity contribution in [3.8, 4) is 0 Å². The summed E-state index contributed by atoms with van der Waals surface area (Å²) in [6.07, 6.45) is 3.21. The first-order chi connectivity index (χ1) is 12.9. The number of nitrogens with two attached hydrogens (primary N) is 1. The monoisotopic (exact) mass is 420 g/mol. The second-order valence-corrected chi connectivity index (χ2v) is 11.4. The van der Waals surface area contributed by atoms with Gasteiger partial charge in [-0.2, -0.15) is 0 Å². The fraction of sp³-hybridized carbons (Fsp3) is 0.476. The fourth-order valence-corrected chi connectivity index (χ4v) is 5.37. The maximum absolute atomic E-state index is 12.8. The first-order valence-electron chi connectivity index (χ1n) is 9.50. The number of benzene rings is 1. The van der Waals surface area contributed by atoms with Crippen LogP contribution < -0.4 is 10.5 Å². The molecule has 0 saturated heterocycles. The number of hydrogen-bond acceptors (Lipinski definition) is 4. The van der Waals surface area contributed by atoms with Crippen LogP contribution in [0.2, 0.25) is 0 Å². The van der Waals surface area contributed by atoms with Gasteiger partial charge in [0, 0.05) is 4.88 Å². The topological polar surface area (TPSA) is 89.3 Å². The van der Waals surface area contributed by atoms with E-state index in [4.69, 9.17) is 5.14 Å². The smallest absolute Gasteiger partial charge is 0.261 e. The highest BCUT2D eigenvalue weighted by atomic mass is 32.2. The molecule has 0 fully saturated rings. The lowest BCUT2D eigenvalue weighted by molar-refractivity contribution is 0.0944. The van der Waals surface area contributed by atoms with Crippen LogP contribution in [-0.4, -0.2) is 14.3 Å². The van der Waals surface area contributed by atoms with E-state index in [0.29, 0.717) is 16.4 Å². The minimum Gasteiger partial charge on any atom is -0.345 e. The van der Waals surface area contributed by atoms with Crippen molar-refractivity contribution in [2.75, 3.05) is 0 Å². The third-order valence-corrected chi connectivity index (χ3v) is 7.71. The molecule has 1 aliphatic rings. The normalized spacial score (nSPS) is 18.4. The van der Waals surface area contributed by atoms with Gasteiger partial charge in [-0.05, 0) is 66.8 Å². The average molecular weight is 421 g/mol. The molecule has 2 atom stereocenters. The molecule has 1 amide bonds. The summed E-state index contributed by atoms with van der Waals surface area (Å²) in [5.74, 6) is 0.505. The van der Waals surface area contributed by atoms with Crippen molar-refractivity contribution >= 4 is 27.3 Å². The Hall–Kier alpha value is -1.70. The summed E-state index contributed by atoms with van der Waals surface area (Å²) in [6, 6.07) is 8.08. The molecule has 0 radical (unpaired) electrons. The van der Waals surface area contributed by atoms with E-state index in [1.165, 1.54) is 22.6 Å². The maximum Gasteiger partial charge on any atom is 0.261 e. The van der Waals surface area contributed by atoms with Crippen molar-refractivity contribution in [1.82, 2.24) is 5.32 Å². The molecule has 1 aromatic carbocycles. The Kier molecular flexibility index (Phi) is 5.71. The van der Waals surface area contributed by atoms with Crippen LogP contribution in [0.5, 0.6) is 0 Å². The van der Waals surface area contributed by atoms with Crippen LogP contribution in [0.15, 0.2) is 35.2 Å². The Morgan fingerprint density at radius 1 is 1.29 bits per heavy atom. The molecule has 1 aromatic heterocycles. The number of carbonyl (C=O) groups is 1. The van der Waals surface area contributed by atoms with Gasteiger partial charge in [0.25, 0.3) is 5.91 Å². The maximum atomic E-state index is 12.8. The van der Waals surface area contributed by atoms with E-state index in [1.807, 2.05) is 13.0 Å². The van der Waals surface area contributed by atoms with Gasteiger partial charge in [0.05, 0.1) is 15.8 Å². The Balaban J connectivity index is 1.73. The molecular weight excluding hydrogens is 392 g/mol. The van der Waals surface area contributed by atoms with Gasteiger partial charge < -0.3 is 5.32 Å². The number of amides is 1. The van der Waals surface area contributed by atoms with Crippen molar-refractivity contribution in [3.05, 3.63) is 51.2 Å². The Bertz CT molecular complexity index is 987. The Morgan fingerprint density at radius 3 is 2.64 bits per heavy atom. The predicted octanol–water partition coefficient (Wildman–Crippen LogP) is 4.04. The van der Waals surface area contributed by atoms with Gasteiger partial charge >= 0.3 is 0 Å². The number of sulfonamides is 1. The van der Waals surface area contributed by atoms with E-state index < -0.39 is 10.0 Å². The third kappa shape index (κ3) is 4.64. The molecule has 0 spiro atoms. The highest BCUT2D eigenvalue weighted by molar-refractivity contribution is 7.89. The second kappa shape index (κ2) is 7.61. The summed E-state index contributed by atoms with van der Waals surface area (Å²) < 4.78 is 23.1. The zero-order valence-corrected chi connectivity index (χ0v) is 18.4. The zero-order chi connectivity index (χ0) is 20.7. The van der Waals surface area contributed by atoms with Gasteiger partial charge in [0.1, 0.15) is 0 Å². The van der Waals surface area contributed by atoms with Gasteiger partial charge in [-0.25, -0.2) is 13.6 Å². The highest BCUT2D eigenvalue weighted by Gasteiger charge is 2.30. The molecule has 2 unspecified atom stereocenters. The largest absolute Gasteiger partial charge is 0.345 e. The van der Waals surface area contributed by atoms with Crippen LogP contribution in [0, 0.1) is 11.3 Å². The molecule has 0 saturated carbocycles. The van der Waals surface area contributed by atoms with Crippen LogP contribution in [0.25, 0.3) is 0 Å². The Labute approximate surface area is 171 Å². The number of aryl methyl sites for hydroxylation is 1. The molecule has 3 N–H and O–H groups in total. The van der Waals surface area contributed by atoms with E-state index >= 15 is 0 Å². The summed E-state index contributed by atoms with van der Waals surface area (Å²) in [4.78, 5) is 14.8. The number of fused-ring (bicyclic) bond motifs is 1. The van der Waals surface area contributed by atoms with Gasteiger partial charge in [0.2, 0.25) is 10.0 Å². The van der Waals surface area contributed by atoms with Crippen molar-refractivity contribution in [3.63, 3.8) is 0 Å². The molecule has 5 nitrogen and oxygen atoms in total. The standard InChI is InChI=1S/C21H28N2O3S2/c1-13(14-6-5-7-17(11-14)28(22,25)26)23-20(24)19-12-15-10-16(21(2,3)4)8-9-18(15)27-19/h5-7,11-13,16H,8-10H2,1-4H3,(H,23,24)(H2,22,25,26). The van der Waals surface area contributed by atoms with Crippen LogP contribution in [-0.2, 0) is 22.9 Å². The van der Waals surface area contributed by atoms with Gasteiger partial charge in [-0.1, -0.05) is 32.9 Å². The number of rotatable bonds is 4. The van der Waals surface area contributed by atoms with E-state index in [1.54, 1.807) is 23.5 Å². The van der Waals surface area contributed by atoms with Crippen LogP contribution in [0.3, 0.4) is 0 Å². The molecule has 3 rings (SSSR count). The molecule has 28 heavy (non-hydrogen) atoms. The number of hydrogen-bond donors (Lipinski definition) is 2. The van der Waals surface area contributed by atoms with Crippen LogP contribution in [0.1, 0.15) is 65.8 Å². The van der Waals surface area contributed by atoms with Crippen molar-refractivity contribution in [2.45, 2.75) is 57.9 Å². The molecule has 1 aliphatic carbocycles. The molecule has 152 valence electrons. The van der Waals surface area contributed by atoms with E-state index in [9.17, 15) is 13.2 Å². The minimum atomic E-state index is -3.77. The van der Waals surface area contributed by atoms with E-state index in [0.717, 1.165) is 19.3 Å². The molecule has 1 heterocycles. The number of nitrogens with one attached hydrogen (secondary N) is 1. The van der Waals surface area contributed by atoms with Crippen LogP contribution >= 0.6 is 11.3 Å². The summed E-state index contributed by atoms with van der Waals surface area (Å²) in [6.45, 7) is 8.67. The number of carbonyl (C=O) groups excluding carboxylic acids is 1. The van der Waals surface area contributed by atoms with Crippen molar-refractivity contribution < 1.29 is 13.2 Å². The van der Waals surface area contributed by atoms with E-state index in [-0.39, 0.29) is 22.3 Å². The highest BCUT2D eigenvalue weighted by Crippen LogP contribution is 2.40. The first kappa shape index (κ1) is 21.0. The van der Waals surface area contributed by atoms with Gasteiger partial charge in [-0.3, -0.25) is 4.79 Å². The molecule has 2 aromatic rings. The summed E-state index contributed by atoms with van der Waals surface area (Å²) >= 11 is 1.57. The van der Waals surface area contributed by atoms with Crippen LogP contribution in [0.4, 0.5) is 0 Å².